The van der Waals surface area contributed by atoms with Crippen molar-refractivity contribution in [2.75, 3.05) is 0 Å². The van der Waals surface area contributed by atoms with E-state index in [-0.39, 0.29) is 11.4 Å². The molecule has 1 rings (SSSR count). The lowest BCUT2D eigenvalue weighted by molar-refractivity contribution is -0.386. The molecule has 0 radical (unpaired) electrons. The zero-order valence-electron chi connectivity index (χ0n) is 14.2. The summed E-state index contributed by atoms with van der Waals surface area (Å²) in [4.78, 5) is 10.8. The molecule has 0 saturated carbocycles. The van der Waals surface area contributed by atoms with E-state index in [0.717, 1.165) is 10.0 Å². The Morgan fingerprint density at radius 3 is 2.09 bits per heavy atom. The van der Waals surface area contributed by atoms with Gasteiger partial charge in [0, 0.05) is 22.0 Å². The molecule has 0 heterocycles. The Hall–Kier alpha value is -0.750. The molecule has 0 fully saturated rings. The van der Waals surface area contributed by atoms with E-state index in [4.69, 9.17) is 4.74 Å². The van der Waals surface area contributed by atoms with Crippen molar-refractivity contribution in [2.45, 2.75) is 22.9 Å². The first kappa shape index (κ1) is 19.3. The number of benzene rings is 1. The van der Waals surface area contributed by atoms with Crippen LogP contribution in [0.1, 0.15) is 5.56 Å². The Kier molecular flexibility index (Phi) is 5.30. The quantitative estimate of drug-likeness (QED) is 0.333. The summed E-state index contributed by atoms with van der Waals surface area (Å²) in [6.07, 6.45) is 0. The monoisotopic (exact) mass is 361 g/mol. The number of aryl methyl sites for hydroxylation is 1. The normalized spacial score (nSPS) is 15.0. The van der Waals surface area contributed by atoms with Gasteiger partial charge in [-0.2, -0.15) is 0 Å². The van der Waals surface area contributed by atoms with Crippen molar-refractivity contribution in [3.05, 3.63) is 32.3 Å². The second-order valence-corrected chi connectivity index (χ2v) is 8.12. The molecular formula is C10H18B6BrNO4. The zero-order valence-corrected chi connectivity index (χ0v) is 15.7. The SMILES string of the molecule is BC(B)(B)C(B)(Oc1cc(Br)c(C)cc1[N+](=O)[O-])C(B)(B)O. The molecule has 0 saturated heterocycles. The van der Waals surface area contributed by atoms with Crippen LogP contribution in [-0.2, 0) is 0 Å². The first-order chi connectivity index (χ1) is 9.70. The molecule has 1 atom stereocenters. The highest BCUT2D eigenvalue weighted by Crippen LogP contribution is 2.41. The van der Waals surface area contributed by atoms with Gasteiger partial charge in [0.1, 0.15) is 15.7 Å². The predicted octanol–water partition coefficient (Wildman–Crippen LogP) is -3.74. The Morgan fingerprint density at radius 1 is 1.23 bits per heavy atom. The summed E-state index contributed by atoms with van der Waals surface area (Å²) in [5, 5.41) is 20.3. The summed E-state index contributed by atoms with van der Waals surface area (Å²) in [5.41, 5.74) is -0.389. The molecule has 0 aliphatic heterocycles. The molecular weight excluding hydrogens is 343 g/mol. The first-order valence-corrected chi connectivity index (χ1v) is 7.86. The summed E-state index contributed by atoms with van der Waals surface area (Å²) >= 11 is 3.37. The second kappa shape index (κ2) is 6.04. The van der Waals surface area contributed by atoms with Gasteiger partial charge in [-0.1, -0.05) is 21.0 Å². The molecule has 0 amide bonds. The van der Waals surface area contributed by atoms with Gasteiger partial charge in [0.15, 0.2) is 13.6 Å². The van der Waals surface area contributed by atoms with Crippen molar-refractivity contribution < 1.29 is 14.8 Å². The van der Waals surface area contributed by atoms with E-state index in [9.17, 15) is 15.2 Å². The van der Waals surface area contributed by atoms with E-state index in [0.29, 0.717) is 0 Å². The Bertz CT molecular complexity index is 586. The van der Waals surface area contributed by atoms with Crippen LogP contribution in [0.25, 0.3) is 0 Å². The third kappa shape index (κ3) is 3.59. The van der Waals surface area contributed by atoms with Gasteiger partial charge in [0.2, 0.25) is 0 Å². The van der Waals surface area contributed by atoms with Gasteiger partial charge in [0.05, 0.1) is 34.0 Å². The topological polar surface area (TPSA) is 72.6 Å². The average Bonchev–Trinajstić information content (AvgIpc) is 2.30. The number of rotatable bonds is 5. The number of aliphatic hydroxyl groups is 1. The maximum Gasteiger partial charge on any atom is 0.311 e. The number of hydrogen-bond donors (Lipinski definition) is 1. The van der Waals surface area contributed by atoms with Crippen molar-refractivity contribution >= 4 is 68.7 Å². The van der Waals surface area contributed by atoms with E-state index in [2.05, 4.69) is 15.9 Å². The molecule has 0 aromatic heterocycles. The molecule has 1 aromatic rings. The van der Waals surface area contributed by atoms with E-state index < -0.39 is 20.9 Å². The van der Waals surface area contributed by atoms with Crippen molar-refractivity contribution in [1.82, 2.24) is 0 Å². The number of halogens is 1. The third-order valence-corrected chi connectivity index (χ3v) is 5.20. The third-order valence-electron chi connectivity index (χ3n) is 4.35. The van der Waals surface area contributed by atoms with Crippen LogP contribution >= 0.6 is 15.9 Å². The summed E-state index contributed by atoms with van der Waals surface area (Å²) in [7, 11) is 10.9. The molecule has 22 heavy (non-hydrogen) atoms. The Balaban J connectivity index is 3.50. The van der Waals surface area contributed by atoms with Gasteiger partial charge in [-0.15, -0.1) is 0 Å². The lowest BCUT2D eigenvalue weighted by Crippen LogP contribution is -2.67. The van der Waals surface area contributed by atoms with Crippen molar-refractivity contribution in [3.63, 3.8) is 0 Å². The molecule has 0 aliphatic rings. The van der Waals surface area contributed by atoms with Gasteiger partial charge in [-0.3, -0.25) is 10.1 Å². The minimum atomic E-state index is -1.20. The Labute approximate surface area is 144 Å². The summed E-state index contributed by atoms with van der Waals surface area (Å²) in [5.74, 6) is 0.141. The lowest BCUT2D eigenvalue weighted by atomic mass is 9.26. The number of ether oxygens (including phenoxy) is 1. The van der Waals surface area contributed by atoms with Crippen LogP contribution in [-0.4, -0.2) is 68.0 Å². The van der Waals surface area contributed by atoms with Crippen molar-refractivity contribution in [2.24, 2.45) is 0 Å². The number of nitro benzene ring substituents is 1. The highest BCUT2D eigenvalue weighted by atomic mass is 79.9. The van der Waals surface area contributed by atoms with Crippen molar-refractivity contribution in [3.8, 4) is 5.75 Å². The fourth-order valence-corrected chi connectivity index (χ4v) is 2.61. The van der Waals surface area contributed by atoms with Gasteiger partial charge in [0.25, 0.3) is 0 Å². The number of nitro groups is 1. The summed E-state index contributed by atoms with van der Waals surface area (Å²) in [6.45, 7) is 1.78. The fourth-order valence-electron chi connectivity index (χ4n) is 2.29. The maximum absolute atomic E-state index is 11.3. The molecule has 12 heteroatoms. The van der Waals surface area contributed by atoms with E-state index in [1.54, 1.807) is 36.5 Å². The molecule has 1 unspecified atom stereocenters. The van der Waals surface area contributed by atoms with Gasteiger partial charge < -0.3 is 9.84 Å². The largest absolute Gasteiger partial charge is 0.490 e. The molecule has 0 aliphatic carbocycles. The van der Waals surface area contributed by atoms with Crippen LogP contribution in [0.3, 0.4) is 0 Å². The van der Waals surface area contributed by atoms with Crippen LogP contribution in [0.15, 0.2) is 16.6 Å². The van der Waals surface area contributed by atoms with Crippen LogP contribution in [0, 0.1) is 17.0 Å². The smallest absolute Gasteiger partial charge is 0.311 e. The molecule has 112 valence electrons. The van der Waals surface area contributed by atoms with Gasteiger partial charge in [-0.25, -0.2) is 0 Å². The summed E-state index contributed by atoms with van der Waals surface area (Å²) in [6, 6.07) is 3.05. The number of nitrogens with zero attached hydrogens (tertiary/aromatic N) is 1. The van der Waals surface area contributed by atoms with E-state index in [1.807, 2.05) is 23.5 Å². The van der Waals surface area contributed by atoms with Gasteiger partial charge in [-0.05, 0) is 12.5 Å². The van der Waals surface area contributed by atoms with Crippen LogP contribution in [0.5, 0.6) is 5.75 Å². The van der Waals surface area contributed by atoms with E-state index in [1.165, 1.54) is 6.07 Å². The minimum Gasteiger partial charge on any atom is -0.490 e. The molecule has 0 bridgehead atoms. The first-order valence-electron chi connectivity index (χ1n) is 7.06. The maximum atomic E-state index is 11.3. The number of hydrogen-bond acceptors (Lipinski definition) is 4. The predicted molar refractivity (Wildman–Crippen MR) is 108 cm³/mol. The molecule has 1 N–H and O–H groups in total. The molecule has 0 spiro atoms. The van der Waals surface area contributed by atoms with E-state index >= 15 is 0 Å². The second-order valence-electron chi connectivity index (χ2n) is 7.27. The standard InChI is InChI=1S/C10H18B6BrNO4/c1-4-2-6(18(20)21)7(3-5(4)17)22-8(11,9(12,13)14)10(15,16)19/h2-3,19H,11-16H2,1H3. The Morgan fingerprint density at radius 2 is 1.73 bits per heavy atom. The van der Waals surface area contributed by atoms with Crippen LogP contribution < -0.4 is 4.74 Å². The fraction of sp³-hybridized carbons (Fsp3) is 0.400. The molecule has 1 aromatic carbocycles. The summed E-state index contributed by atoms with van der Waals surface area (Å²) < 4.78 is 6.76. The highest BCUT2D eigenvalue weighted by molar-refractivity contribution is 9.10. The zero-order chi connectivity index (χ0) is 17.5. The van der Waals surface area contributed by atoms with Crippen LogP contribution in [0.2, 0.25) is 5.11 Å². The van der Waals surface area contributed by atoms with Crippen molar-refractivity contribution in [1.29, 1.82) is 0 Å². The highest BCUT2D eigenvalue weighted by Gasteiger charge is 2.50. The minimum absolute atomic E-state index is 0.111. The van der Waals surface area contributed by atoms with Crippen LogP contribution in [0.4, 0.5) is 5.69 Å². The van der Waals surface area contributed by atoms with Gasteiger partial charge >= 0.3 is 5.69 Å². The lowest BCUT2D eigenvalue weighted by Gasteiger charge is -2.51. The average molecular weight is 361 g/mol. The molecule has 5 nitrogen and oxygen atoms in total.